The fourth-order valence-electron chi connectivity index (χ4n) is 2.22. The first-order valence-corrected chi connectivity index (χ1v) is 5.63. The molecular weight excluding hydrogens is 200 g/mol. The van der Waals surface area contributed by atoms with Gasteiger partial charge in [-0.3, -0.25) is 4.98 Å². The van der Waals surface area contributed by atoms with Crippen molar-refractivity contribution in [1.29, 1.82) is 0 Å². The minimum absolute atomic E-state index is 0.104. The highest BCUT2D eigenvalue weighted by molar-refractivity contribution is 5.93. The molecule has 1 aromatic heterocycles. The van der Waals surface area contributed by atoms with Crippen LogP contribution < -0.4 is 5.32 Å². The van der Waals surface area contributed by atoms with E-state index in [0.29, 0.717) is 0 Å². The Labute approximate surface area is 94.5 Å². The van der Waals surface area contributed by atoms with Gasteiger partial charge in [-0.1, -0.05) is 18.2 Å². The number of para-hydroxylation sites is 1. The molecule has 0 aliphatic carbocycles. The lowest BCUT2D eigenvalue weighted by Crippen LogP contribution is -2.19. The average molecular weight is 214 g/mol. The van der Waals surface area contributed by atoms with Crippen molar-refractivity contribution in [2.24, 2.45) is 0 Å². The van der Waals surface area contributed by atoms with E-state index in [1.807, 2.05) is 31.3 Å². The van der Waals surface area contributed by atoms with Gasteiger partial charge in [-0.15, -0.1) is 0 Å². The first-order valence-electron chi connectivity index (χ1n) is 5.63. The molecule has 3 heteroatoms. The van der Waals surface area contributed by atoms with E-state index in [9.17, 15) is 0 Å². The number of hydrogen-bond acceptors (Lipinski definition) is 3. The third-order valence-corrected chi connectivity index (χ3v) is 2.93. The molecule has 1 unspecified atom stereocenters. The van der Waals surface area contributed by atoms with Gasteiger partial charge in [0.2, 0.25) is 0 Å². The van der Waals surface area contributed by atoms with Crippen LogP contribution in [0.1, 0.15) is 12.5 Å². The van der Waals surface area contributed by atoms with Crippen molar-refractivity contribution in [3.05, 3.63) is 36.0 Å². The maximum Gasteiger partial charge on any atom is 0.131 e. The highest BCUT2D eigenvalue weighted by Gasteiger charge is 2.22. The molecule has 1 aliphatic heterocycles. The minimum atomic E-state index is 0.104. The second-order valence-corrected chi connectivity index (χ2v) is 3.97. The summed E-state index contributed by atoms with van der Waals surface area (Å²) < 4.78 is 5.60. The lowest BCUT2D eigenvalue weighted by atomic mass is 10.1. The normalized spacial score (nSPS) is 18.4. The number of benzene rings is 1. The van der Waals surface area contributed by atoms with Crippen molar-refractivity contribution < 1.29 is 4.74 Å². The number of fused-ring (bicyclic) bond motifs is 3. The van der Waals surface area contributed by atoms with Gasteiger partial charge in [0, 0.05) is 24.6 Å². The topological polar surface area (TPSA) is 34.1 Å². The lowest BCUT2D eigenvalue weighted by molar-refractivity contribution is 0.0881. The molecule has 2 heterocycles. The molecule has 3 nitrogen and oxygen atoms in total. The van der Waals surface area contributed by atoms with Crippen LogP contribution in [0.4, 0.5) is 5.69 Å². The van der Waals surface area contributed by atoms with E-state index in [4.69, 9.17) is 4.74 Å². The monoisotopic (exact) mass is 214 g/mol. The maximum absolute atomic E-state index is 5.60. The van der Waals surface area contributed by atoms with Gasteiger partial charge in [0.1, 0.15) is 6.23 Å². The standard InChI is InChI=1S/C13H14N2O/c1-2-16-12-7-9-8-14-11-6-4-3-5-10(11)13(9)15-12/h3-6,8,12,15H,2,7H2,1H3. The molecule has 0 saturated carbocycles. The molecule has 0 bridgehead atoms. The van der Waals surface area contributed by atoms with E-state index in [0.717, 1.165) is 18.5 Å². The molecule has 82 valence electrons. The summed E-state index contributed by atoms with van der Waals surface area (Å²) >= 11 is 0. The van der Waals surface area contributed by atoms with E-state index >= 15 is 0 Å². The van der Waals surface area contributed by atoms with Crippen LogP contribution in [0.25, 0.3) is 10.9 Å². The third kappa shape index (κ3) is 1.44. The van der Waals surface area contributed by atoms with Crippen LogP contribution in [0, 0.1) is 0 Å². The van der Waals surface area contributed by atoms with Crippen molar-refractivity contribution in [1.82, 2.24) is 4.98 Å². The smallest absolute Gasteiger partial charge is 0.131 e. The summed E-state index contributed by atoms with van der Waals surface area (Å²) in [4.78, 5) is 4.45. The molecule has 1 N–H and O–H groups in total. The SMILES string of the molecule is CCOC1Cc2cnc3ccccc3c2N1. The molecule has 16 heavy (non-hydrogen) atoms. The number of nitrogens with one attached hydrogen (secondary N) is 1. The number of nitrogens with zero attached hydrogens (tertiary/aromatic N) is 1. The Morgan fingerprint density at radius 1 is 1.44 bits per heavy atom. The molecule has 0 amide bonds. The molecule has 0 fully saturated rings. The van der Waals surface area contributed by atoms with Crippen molar-refractivity contribution >= 4 is 16.6 Å². The van der Waals surface area contributed by atoms with Crippen molar-refractivity contribution in [2.45, 2.75) is 19.6 Å². The highest BCUT2D eigenvalue weighted by atomic mass is 16.5. The predicted molar refractivity (Wildman–Crippen MR) is 64.5 cm³/mol. The van der Waals surface area contributed by atoms with Crippen LogP contribution in [0.2, 0.25) is 0 Å². The molecule has 3 rings (SSSR count). The Hall–Kier alpha value is -1.61. The van der Waals surface area contributed by atoms with Crippen LogP contribution in [0.5, 0.6) is 0 Å². The number of ether oxygens (including phenoxy) is 1. The van der Waals surface area contributed by atoms with Gasteiger partial charge in [0.15, 0.2) is 0 Å². The van der Waals surface area contributed by atoms with Gasteiger partial charge in [-0.05, 0) is 18.6 Å². The number of rotatable bonds is 2. The predicted octanol–water partition coefficient (Wildman–Crippen LogP) is 2.57. The first-order chi connectivity index (χ1) is 7.88. The van der Waals surface area contributed by atoms with Gasteiger partial charge in [-0.2, -0.15) is 0 Å². The summed E-state index contributed by atoms with van der Waals surface area (Å²) in [5.41, 5.74) is 3.46. The Bertz CT molecular complexity index is 524. The molecule has 1 aromatic carbocycles. The summed E-state index contributed by atoms with van der Waals surface area (Å²) in [6, 6.07) is 8.18. The van der Waals surface area contributed by atoms with Crippen LogP contribution in [0.3, 0.4) is 0 Å². The van der Waals surface area contributed by atoms with Crippen molar-refractivity contribution in [3.8, 4) is 0 Å². The number of pyridine rings is 1. The molecule has 2 aromatic rings. The summed E-state index contributed by atoms with van der Waals surface area (Å²) in [6.45, 7) is 2.75. The van der Waals surface area contributed by atoms with E-state index in [1.165, 1.54) is 16.6 Å². The highest BCUT2D eigenvalue weighted by Crippen LogP contribution is 2.32. The summed E-state index contributed by atoms with van der Waals surface area (Å²) in [5.74, 6) is 0. The van der Waals surface area contributed by atoms with Crippen molar-refractivity contribution in [3.63, 3.8) is 0 Å². The zero-order valence-electron chi connectivity index (χ0n) is 9.23. The van der Waals surface area contributed by atoms with Crippen LogP contribution in [-0.2, 0) is 11.2 Å². The first kappa shape index (κ1) is 9.60. The van der Waals surface area contributed by atoms with Crippen LogP contribution in [0.15, 0.2) is 30.5 Å². The Balaban J connectivity index is 2.07. The van der Waals surface area contributed by atoms with E-state index in [-0.39, 0.29) is 6.23 Å². The zero-order chi connectivity index (χ0) is 11.0. The van der Waals surface area contributed by atoms with Gasteiger partial charge < -0.3 is 10.1 Å². The van der Waals surface area contributed by atoms with E-state index in [1.54, 1.807) is 0 Å². The second-order valence-electron chi connectivity index (χ2n) is 3.97. The fourth-order valence-corrected chi connectivity index (χ4v) is 2.22. The number of hydrogen-bond donors (Lipinski definition) is 1. The molecule has 0 radical (unpaired) electrons. The summed E-state index contributed by atoms with van der Waals surface area (Å²) in [6.07, 6.45) is 2.96. The quantitative estimate of drug-likeness (QED) is 0.834. The summed E-state index contributed by atoms with van der Waals surface area (Å²) in [5, 5.41) is 4.60. The van der Waals surface area contributed by atoms with Gasteiger partial charge in [-0.25, -0.2) is 0 Å². The van der Waals surface area contributed by atoms with Crippen LogP contribution in [-0.4, -0.2) is 17.8 Å². The van der Waals surface area contributed by atoms with Gasteiger partial charge >= 0.3 is 0 Å². The Kier molecular flexibility index (Phi) is 2.26. The van der Waals surface area contributed by atoms with Crippen LogP contribution >= 0.6 is 0 Å². The average Bonchev–Trinajstić information content (AvgIpc) is 2.72. The van der Waals surface area contributed by atoms with Gasteiger partial charge in [0.05, 0.1) is 11.2 Å². The molecule has 1 aliphatic rings. The van der Waals surface area contributed by atoms with E-state index in [2.05, 4.69) is 16.4 Å². The zero-order valence-corrected chi connectivity index (χ0v) is 9.23. The number of aromatic nitrogens is 1. The number of anilines is 1. The largest absolute Gasteiger partial charge is 0.359 e. The Morgan fingerprint density at radius 3 is 3.19 bits per heavy atom. The van der Waals surface area contributed by atoms with Crippen molar-refractivity contribution in [2.75, 3.05) is 11.9 Å². The maximum atomic E-state index is 5.60. The molecule has 0 saturated heterocycles. The van der Waals surface area contributed by atoms with E-state index < -0.39 is 0 Å². The van der Waals surface area contributed by atoms with Gasteiger partial charge in [0.25, 0.3) is 0 Å². The Morgan fingerprint density at radius 2 is 2.31 bits per heavy atom. The lowest BCUT2D eigenvalue weighted by Gasteiger charge is -2.10. The fraction of sp³-hybridized carbons (Fsp3) is 0.308. The minimum Gasteiger partial charge on any atom is -0.359 e. The second kappa shape index (κ2) is 3.76. The summed E-state index contributed by atoms with van der Waals surface area (Å²) in [7, 11) is 0. The molecule has 0 spiro atoms. The molecule has 1 atom stereocenters. The third-order valence-electron chi connectivity index (χ3n) is 2.93. The molecular formula is C13H14N2O.